The highest BCUT2D eigenvalue weighted by atomic mass is 32.2. The number of aromatic nitrogens is 1. The zero-order valence-corrected chi connectivity index (χ0v) is 14.6. The molecule has 0 radical (unpaired) electrons. The number of nitrogens with one attached hydrogen (secondary N) is 2. The van der Waals surface area contributed by atoms with Gasteiger partial charge < -0.3 is 10.6 Å². The number of hydrogen-bond acceptors (Lipinski definition) is 3. The zero-order valence-electron chi connectivity index (χ0n) is 13.0. The van der Waals surface area contributed by atoms with Crippen molar-refractivity contribution in [3.63, 3.8) is 0 Å². The van der Waals surface area contributed by atoms with Crippen molar-refractivity contribution in [2.45, 2.75) is 16.5 Å². The lowest BCUT2D eigenvalue weighted by Gasteiger charge is -2.10. The minimum Gasteiger partial charge on any atom is -0.358 e. The number of pyridine rings is 1. The number of thiocarbonyl (C=S) groups is 1. The molecule has 24 heavy (non-hydrogen) atoms. The summed E-state index contributed by atoms with van der Waals surface area (Å²) in [5.74, 6) is 0. The summed E-state index contributed by atoms with van der Waals surface area (Å²) in [6.07, 6.45) is 1.79. The summed E-state index contributed by atoms with van der Waals surface area (Å²) in [7, 11) is 0. The van der Waals surface area contributed by atoms with Crippen molar-refractivity contribution in [2.75, 3.05) is 5.32 Å². The first-order valence-corrected chi connectivity index (χ1v) is 8.80. The van der Waals surface area contributed by atoms with Gasteiger partial charge in [-0.05, 0) is 42.0 Å². The molecule has 0 saturated carbocycles. The van der Waals surface area contributed by atoms with Crippen LogP contribution in [0.5, 0.6) is 0 Å². The van der Waals surface area contributed by atoms with Crippen LogP contribution in [0.1, 0.15) is 5.56 Å². The minimum absolute atomic E-state index is 0.587. The molecule has 0 aliphatic heterocycles. The second-order valence-corrected chi connectivity index (χ2v) is 6.60. The van der Waals surface area contributed by atoms with E-state index in [-0.39, 0.29) is 0 Å². The van der Waals surface area contributed by atoms with E-state index < -0.39 is 0 Å². The molecular formula is C19H17N3S2. The maximum Gasteiger partial charge on any atom is 0.171 e. The van der Waals surface area contributed by atoms with Crippen LogP contribution in [-0.2, 0) is 6.54 Å². The van der Waals surface area contributed by atoms with Crippen molar-refractivity contribution >= 4 is 34.8 Å². The Balaban J connectivity index is 1.51. The average molecular weight is 352 g/mol. The molecule has 0 amide bonds. The Morgan fingerprint density at radius 1 is 0.917 bits per heavy atom. The van der Waals surface area contributed by atoms with Gasteiger partial charge in [-0.15, -0.1) is 0 Å². The monoisotopic (exact) mass is 351 g/mol. The van der Waals surface area contributed by atoms with E-state index in [9.17, 15) is 0 Å². The Hall–Kier alpha value is -2.37. The molecule has 3 aromatic rings. The zero-order chi connectivity index (χ0) is 16.6. The van der Waals surface area contributed by atoms with Crippen molar-refractivity contribution in [3.05, 3.63) is 84.6 Å². The van der Waals surface area contributed by atoms with E-state index in [1.54, 1.807) is 18.0 Å². The topological polar surface area (TPSA) is 37.0 Å². The first kappa shape index (κ1) is 16.5. The molecule has 0 aliphatic carbocycles. The Morgan fingerprint density at radius 3 is 2.29 bits per heavy atom. The second-order valence-electron chi connectivity index (χ2n) is 5.09. The second kappa shape index (κ2) is 8.47. The summed E-state index contributed by atoms with van der Waals surface area (Å²) in [6, 6.07) is 24.3. The van der Waals surface area contributed by atoms with Crippen LogP contribution in [0.15, 0.2) is 88.9 Å². The SMILES string of the molecule is S=C(NCc1ccccc1)Nc1ccc(Sc2ccccc2)nc1. The standard InChI is InChI=1S/C19H17N3S2/c23-19(21-13-15-7-3-1-4-8-15)22-16-11-12-18(20-14-16)24-17-9-5-2-6-10-17/h1-12,14H,13H2,(H2,21,22,23). The predicted octanol–water partition coefficient (Wildman–Crippen LogP) is 4.72. The summed E-state index contributed by atoms with van der Waals surface area (Å²) in [5, 5.41) is 7.88. The van der Waals surface area contributed by atoms with Crippen molar-refractivity contribution in [1.29, 1.82) is 0 Å². The Bertz CT molecular complexity index is 775. The Morgan fingerprint density at radius 2 is 1.62 bits per heavy atom. The third-order valence-electron chi connectivity index (χ3n) is 3.26. The van der Waals surface area contributed by atoms with Crippen LogP contribution in [0.25, 0.3) is 0 Å². The molecule has 3 rings (SSSR count). The predicted molar refractivity (Wildman–Crippen MR) is 104 cm³/mol. The number of benzene rings is 2. The van der Waals surface area contributed by atoms with Crippen LogP contribution in [0, 0.1) is 0 Å². The molecule has 2 aromatic carbocycles. The van der Waals surface area contributed by atoms with E-state index in [2.05, 4.69) is 39.9 Å². The van der Waals surface area contributed by atoms with Gasteiger partial charge >= 0.3 is 0 Å². The lowest BCUT2D eigenvalue weighted by molar-refractivity contribution is 0.925. The fourth-order valence-corrected chi connectivity index (χ4v) is 3.04. The van der Waals surface area contributed by atoms with Crippen LogP contribution in [0.3, 0.4) is 0 Å². The van der Waals surface area contributed by atoms with Crippen molar-refractivity contribution in [3.8, 4) is 0 Å². The van der Waals surface area contributed by atoms with Crippen LogP contribution in [0.4, 0.5) is 5.69 Å². The van der Waals surface area contributed by atoms with Gasteiger partial charge in [0.05, 0.1) is 11.9 Å². The molecule has 1 heterocycles. The number of hydrogen-bond donors (Lipinski definition) is 2. The van der Waals surface area contributed by atoms with Crippen LogP contribution >= 0.6 is 24.0 Å². The third-order valence-corrected chi connectivity index (χ3v) is 4.46. The smallest absolute Gasteiger partial charge is 0.171 e. The van der Waals surface area contributed by atoms with E-state index in [4.69, 9.17) is 12.2 Å². The van der Waals surface area contributed by atoms with Gasteiger partial charge in [-0.3, -0.25) is 0 Å². The van der Waals surface area contributed by atoms with Crippen LogP contribution in [0.2, 0.25) is 0 Å². The van der Waals surface area contributed by atoms with E-state index in [0.717, 1.165) is 10.7 Å². The Labute approximate surface area is 151 Å². The van der Waals surface area contributed by atoms with Gasteiger partial charge in [0.1, 0.15) is 5.03 Å². The maximum absolute atomic E-state index is 5.32. The van der Waals surface area contributed by atoms with E-state index >= 15 is 0 Å². The summed E-state index contributed by atoms with van der Waals surface area (Å²) >= 11 is 6.95. The van der Waals surface area contributed by atoms with Gasteiger partial charge in [-0.1, -0.05) is 60.3 Å². The molecule has 120 valence electrons. The van der Waals surface area contributed by atoms with E-state index in [0.29, 0.717) is 11.7 Å². The normalized spacial score (nSPS) is 10.2. The average Bonchev–Trinajstić information content (AvgIpc) is 2.63. The highest BCUT2D eigenvalue weighted by Gasteiger charge is 2.01. The molecule has 5 heteroatoms. The first-order chi connectivity index (χ1) is 11.8. The lowest BCUT2D eigenvalue weighted by atomic mass is 10.2. The summed E-state index contributed by atoms with van der Waals surface area (Å²) in [6.45, 7) is 0.696. The number of nitrogens with zero attached hydrogens (tertiary/aromatic N) is 1. The van der Waals surface area contributed by atoms with Crippen LogP contribution in [-0.4, -0.2) is 10.1 Å². The fourth-order valence-electron chi connectivity index (χ4n) is 2.08. The van der Waals surface area contributed by atoms with Gasteiger partial charge in [0.25, 0.3) is 0 Å². The van der Waals surface area contributed by atoms with Crippen molar-refractivity contribution in [1.82, 2.24) is 10.3 Å². The molecular weight excluding hydrogens is 334 g/mol. The first-order valence-electron chi connectivity index (χ1n) is 7.57. The Kier molecular flexibility index (Phi) is 5.82. The van der Waals surface area contributed by atoms with Gasteiger partial charge in [0.15, 0.2) is 5.11 Å². The fraction of sp³-hybridized carbons (Fsp3) is 0.0526. The minimum atomic E-state index is 0.587. The molecule has 0 unspecified atom stereocenters. The largest absolute Gasteiger partial charge is 0.358 e. The maximum atomic E-state index is 5.32. The highest BCUT2D eigenvalue weighted by molar-refractivity contribution is 7.99. The summed E-state index contributed by atoms with van der Waals surface area (Å²) < 4.78 is 0. The van der Waals surface area contributed by atoms with Gasteiger partial charge in [-0.2, -0.15) is 0 Å². The molecule has 0 spiro atoms. The molecule has 0 bridgehead atoms. The van der Waals surface area contributed by atoms with Crippen LogP contribution < -0.4 is 10.6 Å². The quantitative estimate of drug-likeness (QED) is 0.651. The third kappa shape index (κ3) is 5.08. The summed E-state index contributed by atoms with van der Waals surface area (Å²) in [5.41, 5.74) is 2.06. The summed E-state index contributed by atoms with van der Waals surface area (Å²) in [4.78, 5) is 5.63. The lowest BCUT2D eigenvalue weighted by Crippen LogP contribution is -2.27. The molecule has 0 aliphatic rings. The molecule has 0 atom stereocenters. The van der Waals surface area contributed by atoms with Crippen molar-refractivity contribution < 1.29 is 0 Å². The molecule has 2 N–H and O–H groups in total. The molecule has 0 saturated heterocycles. The number of anilines is 1. The van der Waals surface area contributed by atoms with Gasteiger partial charge in [0.2, 0.25) is 0 Å². The van der Waals surface area contributed by atoms with Gasteiger partial charge in [-0.25, -0.2) is 4.98 Å². The highest BCUT2D eigenvalue weighted by Crippen LogP contribution is 2.25. The van der Waals surface area contributed by atoms with E-state index in [1.807, 2.05) is 48.5 Å². The number of rotatable bonds is 5. The molecule has 1 aromatic heterocycles. The van der Waals surface area contributed by atoms with E-state index in [1.165, 1.54) is 10.5 Å². The molecule has 3 nitrogen and oxygen atoms in total. The van der Waals surface area contributed by atoms with Crippen molar-refractivity contribution in [2.24, 2.45) is 0 Å². The van der Waals surface area contributed by atoms with Gasteiger partial charge in [0, 0.05) is 11.4 Å². The molecule has 0 fully saturated rings.